The molecule has 0 N–H and O–H groups in total. The Kier molecular flexibility index (Phi) is 7.13. The Balaban J connectivity index is 0.000000217. The first-order valence-corrected chi connectivity index (χ1v) is 7.05. The van der Waals surface area contributed by atoms with Gasteiger partial charge < -0.3 is 0 Å². The second-order valence-electron chi connectivity index (χ2n) is 5.12. The predicted molar refractivity (Wildman–Crippen MR) is 91.6 cm³/mol. The van der Waals surface area contributed by atoms with Gasteiger partial charge in [0.15, 0.2) is 0 Å². The Labute approximate surface area is 123 Å². The number of hydrogen-bond acceptors (Lipinski definition) is 0. The van der Waals surface area contributed by atoms with Crippen LogP contribution in [-0.2, 0) is 6.42 Å². The summed E-state index contributed by atoms with van der Waals surface area (Å²) >= 11 is 0. The van der Waals surface area contributed by atoms with Gasteiger partial charge >= 0.3 is 0 Å². The van der Waals surface area contributed by atoms with Gasteiger partial charge in [-0.05, 0) is 29.0 Å². The molecule has 0 fully saturated rings. The van der Waals surface area contributed by atoms with E-state index in [2.05, 4.69) is 51.3 Å². The summed E-state index contributed by atoms with van der Waals surface area (Å²) in [4.78, 5) is 0. The maximum absolute atomic E-state index is 3.80. The molecule has 0 aliphatic heterocycles. The summed E-state index contributed by atoms with van der Waals surface area (Å²) in [5.41, 5.74) is 3.85. The van der Waals surface area contributed by atoms with E-state index in [1.54, 1.807) is 0 Å². The van der Waals surface area contributed by atoms with Crippen molar-refractivity contribution >= 4 is 12.2 Å². The van der Waals surface area contributed by atoms with Crippen LogP contribution in [-0.4, -0.2) is 0 Å². The van der Waals surface area contributed by atoms with Crippen molar-refractivity contribution < 1.29 is 0 Å². The molecule has 0 unspecified atom stereocenters. The van der Waals surface area contributed by atoms with E-state index in [0.29, 0.717) is 5.92 Å². The van der Waals surface area contributed by atoms with Crippen molar-refractivity contribution in [3.05, 3.63) is 84.4 Å². The SMILES string of the molecule is C=Cc1ccccc1.C=Cc1ccccc1CC(C)C. The van der Waals surface area contributed by atoms with Crippen LogP contribution in [0.3, 0.4) is 0 Å². The van der Waals surface area contributed by atoms with Crippen molar-refractivity contribution in [1.82, 2.24) is 0 Å². The molecule has 0 spiro atoms. The summed E-state index contributed by atoms with van der Waals surface area (Å²) in [6.45, 7) is 11.9. The van der Waals surface area contributed by atoms with Gasteiger partial charge in [-0.2, -0.15) is 0 Å². The second-order valence-corrected chi connectivity index (χ2v) is 5.12. The molecule has 0 heteroatoms. The van der Waals surface area contributed by atoms with Gasteiger partial charge in [-0.25, -0.2) is 0 Å². The molecule has 0 atom stereocenters. The molecule has 0 aliphatic carbocycles. The zero-order valence-electron chi connectivity index (χ0n) is 12.5. The first-order chi connectivity index (χ1) is 9.67. The van der Waals surface area contributed by atoms with Gasteiger partial charge in [-0.3, -0.25) is 0 Å². The van der Waals surface area contributed by atoms with Crippen LogP contribution in [0.1, 0.15) is 30.5 Å². The molecule has 0 saturated carbocycles. The largest absolute Gasteiger partial charge is 0.0985 e. The lowest BCUT2D eigenvalue weighted by Crippen LogP contribution is -1.95. The number of hydrogen-bond donors (Lipinski definition) is 0. The van der Waals surface area contributed by atoms with Crippen LogP contribution in [0.4, 0.5) is 0 Å². The fraction of sp³-hybridized carbons (Fsp3) is 0.200. The molecule has 2 aromatic carbocycles. The van der Waals surface area contributed by atoms with Crippen molar-refractivity contribution in [2.24, 2.45) is 5.92 Å². The van der Waals surface area contributed by atoms with E-state index in [-0.39, 0.29) is 0 Å². The molecule has 0 heterocycles. The topological polar surface area (TPSA) is 0 Å². The first kappa shape index (κ1) is 16.0. The van der Waals surface area contributed by atoms with Crippen LogP contribution < -0.4 is 0 Å². The minimum atomic E-state index is 0.714. The van der Waals surface area contributed by atoms with E-state index in [1.807, 2.05) is 42.5 Å². The quantitative estimate of drug-likeness (QED) is 0.649. The molecule has 2 aromatic rings. The number of rotatable bonds is 4. The average Bonchev–Trinajstić information content (AvgIpc) is 2.49. The van der Waals surface area contributed by atoms with Crippen LogP contribution in [0.2, 0.25) is 0 Å². The van der Waals surface area contributed by atoms with E-state index in [9.17, 15) is 0 Å². The fourth-order valence-corrected chi connectivity index (χ4v) is 1.95. The molecule has 104 valence electrons. The third-order valence-electron chi connectivity index (χ3n) is 2.94. The fourth-order valence-electron chi connectivity index (χ4n) is 1.95. The van der Waals surface area contributed by atoms with Gasteiger partial charge in [-0.1, -0.05) is 93.8 Å². The third kappa shape index (κ3) is 5.71. The maximum atomic E-state index is 3.80. The monoisotopic (exact) mass is 264 g/mol. The number of benzene rings is 2. The summed E-state index contributed by atoms with van der Waals surface area (Å²) < 4.78 is 0. The summed E-state index contributed by atoms with van der Waals surface area (Å²) in [6.07, 6.45) is 4.90. The van der Waals surface area contributed by atoms with Gasteiger partial charge in [0.05, 0.1) is 0 Å². The average molecular weight is 264 g/mol. The van der Waals surface area contributed by atoms with E-state index in [1.165, 1.54) is 16.7 Å². The predicted octanol–water partition coefficient (Wildman–Crippen LogP) is 5.86. The Bertz CT molecular complexity index is 521. The van der Waals surface area contributed by atoms with Crippen LogP contribution in [0.15, 0.2) is 67.8 Å². The zero-order chi connectivity index (χ0) is 14.8. The Hall–Kier alpha value is -2.08. The van der Waals surface area contributed by atoms with Crippen molar-refractivity contribution in [2.45, 2.75) is 20.3 Å². The molecule has 0 aromatic heterocycles. The standard InChI is InChI=1S/C12H16.C8H8/c1-4-11-7-5-6-8-12(11)9-10(2)3;1-2-8-6-4-3-5-7-8/h4-8,10H,1,9H2,2-3H3;2-7H,1H2. The lowest BCUT2D eigenvalue weighted by Gasteiger charge is -2.07. The van der Waals surface area contributed by atoms with Crippen LogP contribution >= 0.6 is 0 Å². The molecule has 0 amide bonds. The lowest BCUT2D eigenvalue weighted by molar-refractivity contribution is 0.646. The van der Waals surface area contributed by atoms with Gasteiger partial charge in [-0.15, -0.1) is 0 Å². The molecule has 0 saturated heterocycles. The highest BCUT2D eigenvalue weighted by atomic mass is 14.0. The molecule has 2 rings (SSSR count). The van der Waals surface area contributed by atoms with E-state index in [4.69, 9.17) is 0 Å². The summed E-state index contributed by atoms with van der Waals surface area (Å²) in [5.74, 6) is 0.714. The third-order valence-corrected chi connectivity index (χ3v) is 2.94. The minimum absolute atomic E-state index is 0.714. The van der Waals surface area contributed by atoms with Crippen LogP contribution in [0.25, 0.3) is 12.2 Å². The van der Waals surface area contributed by atoms with E-state index in [0.717, 1.165) is 6.42 Å². The summed E-state index contributed by atoms with van der Waals surface area (Å²) in [5, 5.41) is 0. The van der Waals surface area contributed by atoms with Crippen LogP contribution in [0.5, 0.6) is 0 Å². The Morgan fingerprint density at radius 3 is 1.95 bits per heavy atom. The maximum Gasteiger partial charge on any atom is -0.0230 e. The minimum Gasteiger partial charge on any atom is -0.0985 e. The van der Waals surface area contributed by atoms with Crippen molar-refractivity contribution in [2.75, 3.05) is 0 Å². The normalized spacial score (nSPS) is 9.55. The van der Waals surface area contributed by atoms with Gasteiger partial charge in [0, 0.05) is 0 Å². The second kappa shape index (κ2) is 8.92. The first-order valence-electron chi connectivity index (χ1n) is 7.05. The van der Waals surface area contributed by atoms with Gasteiger partial charge in [0.1, 0.15) is 0 Å². The summed E-state index contributed by atoms with van der Waals surface area (Å²) in [7, 11) is 0. The summed E-state index contributed by atoms with van der Waals surface area (Å²) in [6, 6.07) is 18.5. The van der Waals surface area contributed by atoms with E-state index < -0.39 is 0 Å². The Morgan fingerprint density at radius 1 is 0.850 bits per heavy atom. The van der Waals surface area contributed by atoms with Crippen molar-refractivity contribution in [3.63, 3.8) is 0 Å². The molecule has 20 heavy (non-hydrogen) atoms. The molecular weight excluding hydrogens is 240 g/mol. The van der Waals surface area contributed by atoms with Crippen molar-refractivity contribution in [1.29, 1.82) is 0 Å². The molecular formula is C20H24. The molecule has 0 bridgehead atoms. The zero-order valence-corrected chi connectivity index (χ0v) is 12.5. The highest BCUT2D eigenvalue weighted by molar-refractivity contribution is 5.51. The highest BCUT2D eigenvalue weighted by Crippen LogP contribution is 2.14. The molecule has 0 nitrogen and oxygen atoms in total. The highest BCUT2D eigenvalue weighted by Gasteiger charge is 2.00. The molecule has 0 aliphatic rings. The Morgan fingerprint density at radius 2 is 1.45 bits per heavy atom. The van der Waals surface area contributed by atoms with E-state index >= 15 is 0 Å². The van der Waals surface area contributed by atoms with Gasteiger partial charge in [0.25, 0.3) is 0 Å². The lowest BCUT2D eigenvalue weighted by atomic mass is 9.98. The van der Waals surface area contributed by atoms with Gasteiger partial charge in [0.2, 0.25) is 0 Å². The van der Waals surface area contributed by atoms with Crippen LogP contribution in [0, 0.1) is 5.92 Å². The molecule has 0 radical (unpaired) electrons. The van der Waals surface area contributed by atoms with Crippen molar-refractivity contribution in [3.8, 4) is 0 Å². The smallest absolute Gasteiger partial charge is 0.0230 e.